The minimum atomic E-state index is 0.168. The van der Waals surface area contributed by atoms with Gasteiger partial charge in [-0.15, -0.1) is 0 Å². The van der Waals surface area contributed by atoms with Gasteiger partial charge in [0.15, 0.2) is 0 Å². The molecule has 3 nitrogen and oxygen atoms in total. The first kappa shape index (κ1) is 16.0. The van der Waals surface area contributed by atoms with Gasteiger partial charge in [0, 0.05) is 12.6 Å². The van der Waals surface area contributed by atoms with E-state index in [9.17, 15) is 0 Å². The molecule has 0 aliphatic heterocycles. The topological polar surface area (TPSA) is 41.5 Å². The van der Waals surface area contributed by atoms with E-state index in [1.54, 1.807) is 0 Å². The highest BCUT2D eigenvalue weighted by atomic mass is 16.5. The van der Waals surface area contributed by atoms with Gasteiger partial charge in [0.05, 0.1) is 0 Å². The van der Waals surface area contributed by atoms with Crippen molar-refractivity contribution in [3.63, 3.8) is 0 Å². The summed E-state index contributed by atoms with van der Waals surface area (Å²) in [5.74, 6) is 0.883. The van der Waals surface area contributed by atoms with Crippen molar-refractivity contribution in [2.45, 2.75) is 45.6 Å². The van der Waals surface area contributed by atoms with E-state index in [-0.39, 0.29) is 18.1 Å². The van der Waals surface area contributed by atoms with Crippen molar-refractivity contribution >= 4 is 0 Å². The third kappa shape index (κ3) is 5.62. The predicted octanol–water partition coefficient (Wildman–Crippen LogP) is 2.72. The molecule has 1 aromatic carbocycles. The van der Waals surface area contributed by atoms with Crippen molar-refractivity contribution in [1.29, 1.82) is 0 Å². The van der Waals surface area contributed by atoms with Gasteiger partial charge in [0.25, 0.3) is 0 Å². The second-order valence-electron chi connectivity index (χ2n) is 5.85. The normalized spacial score (nSPS) is 13.3. The fourth-order valence-corrected chi connectivity index (χ4v) is 1.94. The van der Waals surface area contributed by atoms with E-state index >= 15 is 0 Å². The first-order valence-corrected chi connectivity index (χ1v) is 7.05. The number of aliphatic hydroxyl groups is 1. The summed E-state index contributed by atoms with van der Waals surface area (Å²) in [7, 11) is 0. The molecule has 2 N–H and O–H groups in total. The van der Waals surface area contributed by atoms with Crippen LogP contribution in [-0.4, -0.2) is 30.9 Å². The third-order valence-electron chi connectivity index (χ3n) is 3.14. The highest BCUT2D eigenvalue weighted by Crippen LogP contribution is 2.24. The van der Waals surface area contributed by atoms with Gasteiger partial charge in [0.2, 0.25) is 0 Å². The molecule has 0 radical (unpaired) electrons. The van der Waals surface area contributed by atoms with Crippen molar-refractivity contribution in [2.75, 3.05) is 19.8 Å². The number of ether oxygens (including phenoxy) is 1. The lowest BCUT2D eigenvalue weighted by Gasteiger charge is -2.20. The predicted molar refractivity (Wildman–Crippen MR) is 79.8 cm³/mol. The zero-order valence-corrected chi connectivity index (χ0v) is 12.6. The second-order valence-corrected chi connectivity index (χ2v) is 5.85. The Hall–Kier alpha value is -1.06. The first-order chi connectivity index (χ1) is 8.97. The number of nitrogens with one attached hydrogen (secondary N) is 1. The highest BCUT2D eigenvalue weighted by molar-refractivity contribution is 5.31. The molecule has 0 bridgehead atoms. The van der Waals surface area contributed by atoms with E-state index in [1.165, 1.54) is 5.56 Å². The van der Waals surface area contributed by atoms with Gasteiger partial charge in [-0.05, 0) is 36.1 Å². The van der Waals surface area contributed by atoms with Crippen molar-refractivity contribution in [2.24, 2.45) is 0 Å². The Labute approximate surface area is 117 Å². The summed E-state index contributed by atoms with van der Waals surface area (Å²) < 4.78 is 5.77. The molecule has 19 heavy (non-hydrogen) atoms. The lowest BCUT2D eigenvalue weighted by Crippen LogP contribution is -2.35. The molecular formula is C16H27NO2. The molecule has 1 atom stereocenters. The summed E-state index contributed by atoms with van der Waals surface area (Å²) in [4.78, 5) is 0. The average molecular weight is 265 g/mol. The van der Waals surface area contributed by atoms with E-state index in [0.717, 1.165) is 12.3 Å². The summed E-state index contributed by atoms with van der Waals surface area (Å²) >= 11 is 0. The quantitative estimate of drug-likeness (QED) is 0.796. The maximum absolute atomic E-state index is 8.99. The average Bonchev–Trinajstić information content (AvgIpc) is 2.36. The van der Waals surface area contributed by atoms with Crippen LogP contribution in [0.4, 0.5) is 0 Å². The standard InChI is InChI=1S/C16H27NO2/c1-5-17-14(10-11-18)12-19-15-8-6-13(7-9-15)16(2,3)4/h6-9,14,17-18H,5,10-12H2,1-4H3. The van der Waals surface area contributed by atoms with E-state index in [0.29, 0.717) is 13.0 Å². The molecule has 1 aromatic rings. The molecule has 3 heteroatoms. The zero-order valence-electron chi connectivity index (χ0n) is 12.6. The number of hydrogen-bond donors (Lipinski definition) is 2. The molecule has 0 aliphatic carbocycles. The van der Waals surface area contributed by atoms with Gasteiger partial charge in [-0.25, -0.2) is 0 Å². The van der Waals surface area contributed by atoms with Crippen molar-refractivity contribution in [3.8, 4) is 5.75 Å². The van der Waals surface area contributed by atoms with Gasteiger partial charge in [-0.2, -0.15) is 0 Å². The Morgan fingerprint density at radius 1 is 1.21 bits per heavy atom. The van der Waals surface area contributed by atoms with E-state index < -0.39 is 0 Å². The van der Waals surface area contributed by atoms with Gasteiger partial charge < -0.3 is 15.2 Å². The number of aliphatic hydroxyl groups excluding tert-OH is 1. The number of likely N-dealkylation sites (N-methyl/N-ethyl adjacent to an activating group) is 1. The van der Waals surface area contributed by atoms with Crippen LogP contribution in [0.3, 0.4) is 0 Å². The minimum Gasteiger partial charge on any atom is -0.492 e. The maximum atomic E-state index is 8.99. The van der Waals surface area contributed by atoms with Gasteiger partial charge in [0.1, 0.15) is 12.4 Å². The lowest BCUT2D eigenvalue weighted by molar-refractivity contribution is 0.215. The summed E-state index contributed by atoms with van der Waals surface area (Å²) in [6, 6.07) is 8.47. The number of rotatable bonds is 7. The van der Waals surface area contributed by atoms with Gasteiger partial charge >= 0.3 is 0 Å². The molecule has 0 saturated carbocycles. The number of hydrogen-bond acceptors (Lipinski definition) is 3. The third-order valence-corrected chi connectivity index (χ3v) is 3.14. The Kier molecular flexibility index (Phi) is 6.32. The van der Waals surface area contributed by atoms with Gasteiger partial charge in [-0.3, -0.25) is 0 Å². The van der Waals surface area contributed by atoms with Crippen LogP contribution in [0.5, 0.6) is 5.75 Å². The van der Waals surface area contributed by atoms with E-state index in [1.807, 2.05) is 12.1 Å². The van der Waals surface area contributed by atoms with Crippen LogP contribution >= 0.6 is 0 Å². The molecule has 0 fully saturated rings. The van der Waals surface area contributed by atoms with Crippen molar-refractivity contribution in [3.05, 3.63) is 29.8 Å². The van der Waals surface area contributed by atoms with Crippen LogP contribution in [0.15, 0.2) is 24.3 Å². The Bertz CT molecular complexity index is 348. The lowest BCUT2D eigenvalue weighted by atomic mass is 9.87. The zero-order chi connectivity index (χ0) is 14.3. The van der Waals surface area contributed by atoms with Crippen LogP contribution in [0.2, 0.25) is 0 Å². The second kappa shape index (κ2) is 7.51. The first-order valence-electron chi connectivity index (χ1n) is 7.05. The monoisotopic (exact) mass is 265 g/mol. The molecule has 0 amide bonds. The summed E-state index contributed by atoms with van der Waals surface area (Å²) in [6.45, 7) is 10.3. The molecule has 0 heterocycles. The fourth-order valence-electron chi connectivity index (χ4n) is 1.94. The van der Waals surface area contributed by atoms with Gasteiger partial charge in [-0.1, -0.05) is 39.8 Å². The number of benzene rings is 1. The maximum Gasteiger partial charge on any atom is 0.119 e. The molecule has 0 aromatic heterocycles. The molecule has 0 aliphatic rings. The Morgan fingerprint density at radius 3 is 2.32 bits per heavy atom. The van der Waals surface area contributed by atoms with Crippen LogP contribution in [0, 0.1) is 0 Å². The van der Waals surface area contributed by atoms with Crippen LogP contribution in [-0.2, 0) is 5.41 Å². The summed E-state index contributed by atoms with van der Waals surface area (Å²) in [6.07, 6.45) is 0.716. The fraction of sp³-hybridized carbons (Fsp3) is 0.625. The van der Waals surface area contributed by atoms with E-state index in [2.05, 4.69) is 45.1 Å². The minimum absolute atomic E-state index is 0.168. The molecule has 108 valence electrons. The Morgan fingerprint density at radius 2 is 1.84 bits per heavy atom. The Balaban J connectivity index is 2.53. The molecule has 1 unspecified atom stereocenters. The van der Waals surface area contributed by atoms with Crippen LogP contribution in [0.25, 0.3) is 0 Å². The SMILES string of the molecule is CCNC(CCO)COc1ccc(C(C)(C)C)cc1. The van der Waals surface area contributed by atoms with Crippen molar-refractivity contribution < 1.29 is 9.84 Å². The molecule has 1 rings (SSSR count). The van der Waals surface area contributed by atoms with E-state index in [4.69, 9.17) is 9.84 Å². The highest BCUT2D eigenvalue weighted by Gasteiger charge is 2.13. The smallest absolute Gasteiger partial charge is 0.119 e. The summed E-state index contributed by atoms with van der Waals surface area (Å²) in [5.41, 5.74) is 1.47. The van der Waals surface area contributed by atoms with Crippen molar-refractivity contribution in [1.82, 2.24) is 5.32 Å². The van der Waals surface area contributed by atoms with Crippen LogP contribution in [0.1, 0.15) is 39.7 Å². The van der Waals surface area contributed by atoms with Crippen LogP contribution < -0.4 is 10.1 Å². The molecule has 0 spiro atoms. The summed E-state index contributed by atoms with van der Waals surface area (Å²) in [5, 5.41) is 12.3. The largest absolute Gasteiger partial charge is 0.492 e. The molecule has 0 saturated heterocycles. The molecular weight excluding hydrogens is 238 g/mol.